The van der Waals surface area contributed by atoms with E-state index < -0.39 is 0 Å². The van der Waals surface area contributed by atoms with Crippen LogP contribution in [0.1, 0.15) is 10.4 Å². The number of nitrogens with one attached hydrogen (secondary N) is 1. The highest BCUT2D eigenvalue weighted by molar-refractivity contribution is 5.95. The fraction of sp³-hybridized carbons (Fsp3) is 0.250. The van der Waals surface area contributed by atoms with Gasteiger partial charge in [0.2, 0.25) is 0 Å². The second-order valence-electron chi connectivity index (χ2n) is 4.98. The van der Waals surface area contributed by atoms with Gasteiger partial charge in [0, 0.05) is 49.7 Å². The maximum absolute atomic E-state index is 13.8. The van der Waals surface area contributed by atoms with E-state index in [1.165, 1.54) is 12.3 Å². The summed E-state index contributed by atoms with van der Waals surface area (Å²) < 4.78 is 13.8. The molecule has 1 aliphatic rings. The van der Waals surface area contributed by atoms with Crippen LogP contribution in [0.15, 0.2) is 42.7 Å². The Kier molecular flexibility index (Phi) is 3.92. The van der Waals surface area contributed by atoms with Gasteiger partial charge in [-0.1, -0.05) is 18.2 Å². The molecule has 0 atom stereocenters. The molecule has 1 saturated heterocycles. The van der Waals surface area contributed by atoms with Gasteiger partial charge in [-0.05, 0) is 12.1 Å². The molecule has 0 saturated carbocycles. The second kappa shape index (κ2) is 6.01. The van der Waals surface area contributed by atoms with Crippen molar-refractivity contribution >= 4 is 5.91 Å². The number of hydrogen-bond acceptors (Lipinski definition) is 3. The van der Waals surface area contributed by atoms with Crippen molar-refractivity contribution in [3.05, 3.63) is 54.1 Å². The Hall–Kier alpha value is -2.27. The minimum atomic E-state index is -0.314. The molecule has 3 rings (SSSR count). The van der Waals surface area contributed by atoms with E-state index in [1.807, 2.05) is 0 Å². The van der Waals surface area contributed by atoms with Crippen molar-refractivity contribution < 1.29 is 9.18 Å². The summed E-state index contributed by atoms with van der Waals surface area (Å²) in [5, 5.41) is 3.21. The molecule has 0 aliphatic carbocycles. The number of rotatable bonds is 2. The number of piperazine rings is 1. The number of pyridine rings is 1. The first-order valence-electron chi connectivity index (χ1n) is 6.95. The van der Waals surface area contributed by atoms with Crippen LogP contribution in [0.2, 0.25) is 0 Å². The van der Waals surface area contributed by atoms with Crippen LogP contribution in [0, 0.1) is 5.82 Å². The summed E-state index contributed by atoms with van der Waals surface area (Å²) in [6.45, 7) is 2.96. The SMILES string of the molecule is O=C(c1cncc(-c2ccccc2F)c1)N1CCNCC1. The van der Waals surface area contributed by atoms with Crippen LogP contribution in [0.4, 0.5) is 4.39 Å². The van der Waals surface area contributed by atoms with Crippen LogP contribution in [0.25, 0.3) is 11.1 Å². The summed E-state index contributed by atoms with van der Waals surface area (Å²) in [5.41, 5.74) is 1.58. The highest BCUT2D eigenvalue weighted by atomic mass is 19.1. The largest absolute Gasteiger partial charge is 0.336 e. The highest BCUT2D eigenvalue weighted by Crippen LogP contribution is 2.22. The molecule has 1 aromatic carbocycles. The molecule has 2 aromatic rings. The number of benzene rings is 1. The zero-order valence-electron chi connectivity index (χ0n) is 11.6. The van der Waals surface area contributed by atoms with E-state index in [9.17, 15) is 9.18 Å². The molecule has 2 heterocycles. The molecule has 0 radical (unpaired) electrons. The van der Waals surface area contributed by atoms with Crippen molar-refractivity contribution in [1.82, 2.24) is 15.2 Å². The monoisotopic (exact) mass is 285 g/mol. The Balaban J connectivity index is 1.89. The van der Waals surface area contributed by atoms with Gasteiger partial charge in [-0.2, -0.15) is 0 Å². The van der Waals surface area contributed by atoms with Crippen LogP contribution < -0.4 is 5.32 Å². The smallest absolute Gasteiger partial charge is 0.255 e. The summed E-state index contributed by atoms with van der Waals surface area (Å²) >= 11 is 0. The minimum absolute atomic E-state index is 0.0535. The first-order valence-corrected chi connectivity index (χ1v) is 6.95. The van der Waals surface area contributed by atoms with Gasteiger partial charge in [0.05, 0.1) is 5.56 Å². The molecule has 1 fully saturated rings. The molecule has 1 N–H and O–H groups in total. The third-order valence-corrected chi connectivity index (χ3v) is 3.57. The molecular weight excluding hydrogens is 269 g/mol. The molecule has 21 heavy (non-hydrogen) atoms. The maximum atomic E-state index is 13.8. The van der Waals surface area contributed by atoms with Crippen molar-refractivity contribution in [3.8, 4) is 11.1 Å². The summed E-state index contributed by atoms with van der Waals surface area (Å²) in [7, 11) is 0. The fourth-order valence-electron chi connectivity index (χ4n) is 2.45. The zero-order valence-corrected chi connectivity index (χ0v) is 11.6. The lowest BCUT2D eigenvalue weighted by Crippen LogP contribution is -2.46. The van der Waals surface area contributed by atoms with E-state index in [4.69, 9.17) is 0 Å². The normalized spacial score (nSPS) is 15.0. The van der Waals surface area contributed by atoms with E-state index in [0.717, 1.165) is 13.1 Å². The highest BCUT2D eigenvalue weighted by Gasteiger charge is 2.18. The average Bonchev–Trinajstić information content (AvgIpc) is 2.55. The third-order valence-electron chi connectivity index (χ3n) is 3.57. The molecule has 1 amide bonds. The number of carbonyl (C=O) groups is 1. The number of amides is 1. The molecule has 0 bridgehead atoms. The Labute approximate surface area is 122 Å². The minimum Gasteiger partial charge on any atom is -0.336 e. The molecule has 5 heteroatoms. The van der Waals surface area contributed by atoms with Crippen LogP contribution in [0.5, 0.6) is 0 Å². The second-order valence-corrected chi connectivity index (χ2v) is 4.98. The first kappa shape index (κ1) is 13.7. The number of aromatic nitrogens is 1. The number of nitrogens with zero attached hydrogens (tertiary/aromatic N) is 2. The Bertz CT molecular complexity index is 653. The van der Waals surface area contributed by atoms with E-state index in [1.54, 1.807) is 35.4 Å². The van der Waals surface area contributed by atoms with Gasteiger partial charge in [-0.25, -0.2) is 4.39 Å². The van der Waals surface area contributed by atoms with Gasteiger partial charge in [0.15, 0.2) is 0 Å². The summed E-state index contributed by atoms with van der Waals surface area (Å²) in [6, 6.07) is 8.20. The topological polar surface area (TPSA) is 45.2 Å². The predicted octanol–water partition coefficient (Wildman–Crippen LogP) is 1.93. The van der Waals surface area contributed by atoms with Crippen molar-refractivity contribution in [2.24, 2.45) is 0 Å². The van der Waals surface area contributed by atoms with Crippen LogP contribution in [-0.2, 0) is 0 Å². The molecule has 108 valence electrons. The van der Waals surface area contributed by atoms with Gasteiger partial charge in [-0.15, -0.1) is 0 Å². The number of hydrogen-bond donors (Lipinski definition) is 1. The van der Waals surface area contributed by atoms with Crippen molar-refractivity contribution in [1.29, 1.82) is 0 Å². The fourth-order valence-corrected chi connectivity index (χ4v) is 2.45. The van der Waals surface area contributed by atoms with Gasteiger partial charge in [0.1, 0.15) is 5.82 Å². The third kappa shape index (κ3) is 2.92. The van der Waals surface area contributed by atoms with E-state index >= 15 is 0 Å². The summed E-state index contributed by atoms with van der Waals surface area (Å²) in [6.07, 6.45) is 3.11. The first-order chi connectivity index (χ1) is 10.3. The lowest BCUT2D eigenvalue weighted by molar-refractivity contribution is 0.0735. The van der Waals surface area contributed by atoms with E-state index in [0.29, 0.717) is 29.8 Å². The molecular formula is C16H16FN3O. The lowest BCUT2D eigenvalue weighted by Gasteiger charge is -2.27. The van der Waals surface area contributed by atoms with Crippen molar-refractivity contribution in [2.75, 3.05) is 26.2 Å². The van der Waals surface area contributed by atoms with E-state index in [2.05, 4.69) is 10.3 Å². The van der Waals surface area contributed by atoms with E-state index in [-0.39, 0.29) is 11.7 Å². The Morgan fingerprint density at radius 2 is 1.95 bits per heavy atom. The Morgan fingerprint density at radius 3 is 2.71 bits per heavy atom. The van der Waals surface area contributed by atoms with Crippen LogP contribution in [0.3, 0.4) is 0 Å². The number of halogens is 1. The Morgan fingerprint density at radius 1 is 1.19 bits per heavy atom. The molecule has 0 unspecified atom stereocenters. The van der Waals surface area contributed by atoms with Gasteiger partial charge < -0.3 is 10.2 Å². The quantitative estimate of drug-likeness (QED) is 0.917. The predicted molar refractivity (Wildman–Crippen MR) is 78.4 cm³/mol. The molecule has 4 nitrogen and oxygen atoms in total. The average molecular weight is 285 g/mol. The lowest BCUT2D eigenvalue weighted by atomic mass is 10.0. The van der Waals surface area contributed by atoms with Gasteiger partial charge >= 0.3 is 0 Å². The van der Waals surface area contributed by atoms with Crippen LogP contribution in [-0.4, -0.2) is 42.0 Å². The zero-order chi connectivity index (χ0) is 14.7. The summed E-state index contributed by atoms with van der Waals surface area (Å²) in [5.74, 6) is -0.367. The van der Waals surface area contributed by atoms with Crippen LogP contribution >= 0.6 is 0 Å². The van der Waals surface area contributed by atoms with Crippen molar-refractivity contribution in [2.45, 2.75) is 0 Å². The molecule has 0 spiro atoms. The standard InChI is InChI=1S/C16H16FN3O/c17-15-4-2-1-3-14(15)12-9-13(11-19-10-12)16(21)20-7-5-18-6-8-20/h1-4,9-11,18H,5-8H2. The van der Waals surface area contributed by atoms with Crippen molar-refractivity contribution in [3.63, 3.8) is 0 Å². The molecule has 1 aliphatic heterocycles. The molecule has 1 aromatic heterocycles. The summed E-state index contributed by atoms with van der Waals surface area (Å²) in [4.78, 5) is 18.3. The number of carbonyl (C=O) groups excluding carboxylic acids is 1. The maximum Gasteiger partial charge on any atom is 0.255 e. The van der Waals surface area contributed by atoms with Gasteiger partial charge in [-0.3, -0.25) is 9.78 Å². The van der Waals surface area contributed by atoms with Gasteiger partial charge in [0.25, 0.3) is 5.91 Å².